The maximum Gasteiger partial charge on any atom is 0.274 e. The van der Waals surface area contributed by atoms with Crippen LogP contribution in [0.4, 0.5) is 17.2 Å². The van der Waals surface area contributed by atoms with Gasteiger partial charge in [0, 0.05) is 17.8 Å². The van der Waals surface area contributed by atoms with Crippen LogP contribution in [-0.4, -0.2) is 29.3 Å². The lowest BCUT2D eigenvalue weighted by Gasteiger charge is -2.13. The van der Waals surface area contributed by atoms with Crippen molar-refractivity contribution in [3.8, 4) is 17.2 Å². The van der Waals surface area contributed by atoms with Crippen LogP contribution in [0.5, 0.6) is 17.2 Å². The van der Waals surface area contributed by atoms with E-state index in [0.29, 0.717) is 41.2 Å². The number of benzene rings is 2. The number of aryl methyl sites for hydroxylation is 1. The molecule has 0 saturated carbocycles. The number of ether oxygens (including phenoxy) is 3. The van der Waals surface area contributed by atoms with Gasteiger partial charge in [-0.3, -0.25) is 4.79 Å². The van der Waals surface area contributed by atoms with Crippen molar-refractivity contribution < 1.29 is 19.0 Å². The van der Waals surface area contributed by atoms with E-state index in [1.807, 2.05) is 31.2 Å². The van der Waals surface area contributed by atoms with E-state index in [2.05, 4.69) is 20.6 Å². The van der Waals surface area contributed by atoms with Crippen molar-refractivity contribution in [2.45, 2.75) is 13.8 Å². The van der Waals surface area contributed by atoms with E-state index < -0.39 is 0 Å². The quantitative estimate of drug-likeness (QED) is 0.657. The number of rotatable bonds is 6. The molecule has 0 spiro atoms. The molecule has 29 heavy (non-hydrogen) atoms. The van der Waals surface area contributed by atoms with E-state index in [1.165, 1.54) is 0 Å². The maximum atomic E-state index is 12.7. The summed E-state index contributed by atoms with van der Waals surface area (Å²) >= 11 is 0. The van der Waals surface area contributed by atoms with Crippen molar-refractivity contribution in [2.75, 3.05) is 24.0 Å². The molecule has 0 bridgehead atoms. The van der Waals surface area contributed by atoms with Gasteiger partial charge in [-0.15, -0.1) is 0 Å². The average Bonchev–Trinajstić information content (AvgIpc) is 3.17. The molecule has 0 unspecified atom stereocenters. The highest BCUT2D eigenvalue weighted by Gasteiger charge is 2.16. The van der Waals surface area contributed by atoms with Crippen molar-refractivity contribution in [1.82, 2.24) is 9.97 Å². The van der Waals surface area contributed by atoms with E-state index in [9.17, 15) is 4.79 Å². The van der Waals surface area contributed by atoms with Gasteiger partial charge >= 0.3 is 0 Å². The van der Waals surface area contributed by atoms with Crippen LogP contribution in [0.25, 0.3) is 0 Å². The van der Waals surface area contributed by atoms with Crippen molar-refractivity contribution in [3.63, 3.8) is 0 Å². The Morgan fingerprint density at radius 3 is 2.79 bits per heavy atom. The molecule has 2 aromatic carbocycles. The number of nitrogens with zero attached hydrogens (tertiary/aromatic N) is 2. The Balaban J connectivity index is 1.54. The van der Waals surface area contributed by atoms with E-state index in [-0.39, 0.29) is 18.4 Å². The van der Waals surface area contributed by atoms with E-state index >= 15 is 0 Å². The van der Waals surface area contributed by atoms with Gasteiger partial charge in [0.2, 0.25) is 6.79 Å². The van der Waals surface area contributed by atoms with Gasteiger partial charge in [-0.1, -0.05) is 12.1 Å². The number of anilines is 3. The molecule has 2 N–H and O–H groups in total. The molecule has 0 fully saturated rings. The van der Waals surface area contributed by atoms with E-state index in [0.717, 1.165) is 5.69 Å². The van der Waals surface area contributed by atoms with Crippen LogP contribution in [0.3, 0.4) is 0 Å². The molecule has 0 radical (unpaired) electrons. The lowest BCUT2D eigenvalue weighted by molar-refractivity contribution is 0.102. The summed E-state index contributed by atoms with van der Waals surface area (Å²) in [5.74, 6) is 2.57. The molecule has 1 aliphatic rings. The van der Waals surface area contributed by atoms with Crippen LogP contribution in [0.15, 0.2) is 48.5 Å². The Labute approximate surface area is 167 Å². The highest BCUT2D eigenvalue weighted by molar-refractivity contribution is 6.03. The second kappa shape index (κ2) is 8.05. The molecule has 0 atom stereocenters. The molecule has 148 valence electrons. The zero-order valence-electron chi connectivity index (χ0n) is 16.1. The number of carbonyl (C=O) groups is 1. The van der Waals surface area contributed by atoms with Gasteiger partial charge in [0.05, 0.1) is 12.3 Å². The highest BCUT2D eigenvalue weighted by atomic mass is 16.7. The van der Waals surface area contributed by atoms with Gasteiger partial charge in [0.15, 0.2) is 11.5 Å². The fraction of sp³-hybridized carbons (Fsp3) is 0.190. The standard InChI is InChI=1S/C21H20N4O4/c1-3-27-17-7-5-4-6-15(17)25-20-11-16(22-13(2)23-20)21(26)24-14-8-9-18-19(10-14)29-12-28-18/h4-11H,3,12H2,1-2H3,(H,24,26)(H,22,23,25). The largest absolute Gasteiger partial charge is 0.492 e. The third kappa shape index (κ3) is 4.21. The first-order chi connectivity index (χ1) is 14.1. The Kier molecular flexibility index (Phi) is 5.15. The van der Waals surface area contributed by atoms with Gasteiger partial charge in [-0.05, 0) is 38.1 Å². The van der Waals surface area contributed by atoms with Gasteiger partial charge in [-0.2, -0.15) is 0 Å². The van der Waals surface area contributed by atoms with E-state index in [1.54, 1.807) is 31.2 Å². The number of hydrogen-bond donors (Lipinski definition) is 2. The van der Waals surface area contributed by atoms with Gasteiger partial charge in [-0.25, -0.2) is 9.97 Å². The lowest BCUT2D eigenvalue weighted by Crippen LogP contribution is -2.15. The number of aromatic nitrogens is 2. The normalized spacial score (nSPS) is 11.8. The smallest absolute Gasteiger partial charge is 0.274 e. The zero-order valence-corrected chi connectivity index (χ0v) is 16.1. The topological polar surface area (TPSA) is 94.6 Å². The summed E-state index contributed by atoms with van der Waals surface area (Å²) in [4.78, 5) is 21.3. The van der Waals surface area contributed by atoms with Crippen molar-refractivity contribution in [3.05, 3.63) is 60.0 Å². The molecular weight excluding hydrogens is 372 g/mol. The van der Waals surface area contributed by atoms with Gasteiger partial charge < -0.3 is 24.8 Å². The first-order valence-electron chi connectivity index (χ1n) is 9.18. The average molecular weight is 392 g/mol. The molecule has 8 nitrogen and oxygen atoms in total. The second-order valence-electron chi connectivity index (χ2n) is 6.26. The molecule has 8 heteroatoms. The lowest BCUT2D eigenvalue weighted by atomic mass is 10.2. The molecule has 1 aromatic heterocycles. The van der Waals surface area contributed by atoms with Crippen LogP contribution < -0.4 is 24.8 Å². The molecule has 2 heterocycles. The Morgan fingerprint density at radius 2 is 1.93 bits per heavy atom. The summed E-state index contributed by atoms with van der Waals surface area (Å²) in [5.41, 5.74) is 1.59. The number of amides is 1. The minimum Gasteiger partial charge on any atom is -0.492 e. The fourth-order valence-corrected chi connectivity index (χ4v) is 2.91. The summed E-state index contributed by atoms with van der Waals surface area (Å²) in [5, 5.41) is 6.02. The molecule has 0 saturated heterocycles. The third-order valence-electron chi connectivity index (χ3n) is 4.15. The summed E-state index contributed by atoms with van der Waals surface area (Å²) in [6, 6.07) is 14.3. The predicted molar refractivity (Wildman–Crippen MR) is 108 cm³/mol. The van der Waals surface area contributed by atoms with Gasteiger partial charge in [0.1, 0.15) is 23.1 Å². The van der Waals surface area contributed by atoms with Crippen LogP contribution in [0.1, 0.15) is 23.2 Å². The van der Waals surface area contributed by atoms with Crippen LogP contribution in [0.2, 0.25) is 0 Å². The molecule has 1 aliphatic heterocycles. The first kappa shape index (κ1) is 18.5. The Hall–Kier alpha value is -3.81. The fourth-order valence-electron chi connectivity index (χ4n) is 2.91. The zero-order chi connectivity index (χ0) is 20.2. The second-order valence-corrected chi connectivity index (χ2v) is 6.26. The highest BCUT2D eigenvalue weighted by Crippen LogP contribution is 2.34. The minimum absolute atomic E-state index is 0.177. The monoisotopic (exact) mass is 392 g/mol. The van der Waals surface area contributed by atoms with Crippen molar-refractivity contribution in [1.29, 1.82) is 0 Å². The number of fused-ring (bicyclic) bond motifs is 1. The van der Waals surface area contributed by atoms with Crippen LogP contribution in [-0.2, 0) is 0 Å². The summed E-state index contributed by atoms with van der Waals surface area (Å²) in [7, 11) is 0. The summed E-state index contributed by atoms with van der Waals surface area (Å²) in [6.07, 6.45) is 0. The van der Waals surface area contributed by atoms with Gasteiger partial charge in [0.25, 0.3) is 5.91 Å². The number of nitrogens with one attached hydrogen (secondary N) is 2. The molecule has 0 aliphatic carbocycles. The predicted octanol–water partition coefficient (Wildman–Crippen LogP) is 3.91. The minimum atomic E-state index is -0.351. The summed E-state index contributed by atoms with van der Waals surface area (Å²) < 4.78 is 16.3. The van der Waals surface area contributed by atoms with Crippen LogP contribution in [0, 0.1) is 6.92 Å². The third-order valence-corrected chi connectivity index (χ3v) is 4.15. The van der Waals surface area contributed by atoms with Crippen LogP contribution >= 0.6 is 0 Å². The Morgan fingerprint density at radius 1 is 1.10 bits per heavy atom. The SMILES string of the molecule is CCOc1ccccc1Nc1cc(C(=O)Nc2ccc3c(c2)OCO3)nc(C)n1. The van der Waals surface area contributed by atoms with Crippen molar-refractivity contribution in [2.24, 2.45) is 0 Å². The van der Waals surface area contributed by atoms with E-state index in [4.69, 9.17) is 14.2 Å². The molecule has 1 amide bonds. The number of para-hydroxylation sites is 2. The Bertz CT molecular complexity index is 1050. The first-order valence-corrected chi connectivity index (χ1v) is 9.18. The molecule has 4 rings (SSSR count). The number of hydrogen-bond acceptors (Lipinski definition) is 7. The maximum absolute atomic E-state index is 12.7. The summed E-state index contributed by atoms with van der Waals surface area (Å²) in [6.45, 7) is 4.38. The number of carbonyl (C=O) groups excluding carboxylic acids is 1. The molecular formula is C21H20N4O4. The van der Waals surface area contributed by atoms with Crippen molar-refractivity contribution >= 4 is 23.1 Å². The molecule has 3 aromatic rings.